The first-order chi connectivity index (χ1) is 13.6. The fraction of sp³-hybridized carbons (Fsp3) is 0.227. The van der Waals surface area contributed by atoms with Gasteiger partial charge in [-0.1, -0.05) is 36.4 Å². The fourth-order valence-corrected chi connectivity index (χ4v) is 4.07. The number of hydrogen-bond donors (Lipinski definition) is 0. The van der Waals surface area contributed by atoms with E-state index in [1.807, 2.05) is 42.7 Å². The third-order valence-corrected chi connectivity index (χ3v) is 5.58. The first-order valence-corrected chi connectivity index (χ1v) is 9.30. The van der Waals surface area contributed by atoms with E-state index in [1.165, 1.54) is 12.1 Å². The SMILES string of the molecule is O=C1OC2(CCN(c3ncc(-c4ccccc4)cn3)CC2)c2ccc(F)cc21. The first-order valence-electron chi connectivity index (χ1n) is 9.30. The summed E-state index contributed by atoms with van der Waals surface area (Å²) in [6, 6.07) is 14.3. The zero-order valence-electron chi connectivity index (χ0n) is 15.1. The lowest BCUT2D eigenvalue weighted by atomic mass is 9.84. The Bertz CT molecular complexity index is 1030. The van der Waals surface area contributed by atoms with Gasteiger partial charge in [0.25, 0.3) is 0 Å². The Kier molecular flexibility index (Phi) is 3.86. The van der Waals surface area contributed by atoms with E-state index >= 15 is 0 Å². The maximum Gasteiger partial charge on any atom is 0.339 e. The molecule has 0 saturated carbocycles. The van der Waals surface area contributed by atoms with Gasteiger partial charge in [-0.2, -0.15) is 0 Å². The molecule has 0 bridgehead atoms. The number of fused-ring (bicyclic) bond motifs is 2. The van der Waals surface area contributed by atoms with Crippen molar-refractivity contribution in [1.29, 1.82) is 0 Å². The number of carbonyl (C=O) groups is 1. The molecule has 0 N–H and O–H groups in total. The molecule has 0 radical (unpaired) electrons. The quantitative estimate of drug-likeness (QED) is 0.635. The number of nitrogens with zero attached hydrogens (tertiary/aromatic N) is 3. The highest BCUT2D eigenvalue weighted by Crippen LogP contribution is 2.44. The molecule has 2 aliphatic heterocycles. The Labute approximate surface area is 161 Å². The van der Waals surface area contributed by atoms with E-state index in [-0.39, 0.29) is 0 Å². The van der Waals surface area contributed by atoms with Crippen molar-refractivity contribution in [2.45, 2.75) is 18.4 Å². The predicted molar refractivity (Wildman–Crippen MR) is 102 cm³/mol. The molecule has 6 heteroatoms. The van der Waals surface area contributed by atoms with Gasteiger partial charge in [0.1, 0.15) is 11.4 Å². The number of piperidine rings is 1. The summed E-state index contributed by atoms with van der Waals surface area (Å²) in [6.45, 7) is 1.32. The fourth-order valence-electron chi connectivity index (χ4n) is 4.07. The maximum atomic E-state index is 13.5. The average Bonchev–Trinajstić information content (AvgIpc) is 3.00. The van der Waals surface area contributed by atoms with Crippen LogP contribution < -0.4 is 4.90 Å². The van der Waals surface area contributed by atoms with Crippen LogP contribution in [0.2, 0.25) is 0 Å². The van der Waals surface area contributed by atoms with Crippen molar-refractivity contribution in [2.24, 2.45) is 0 Å². The molecule has 1 aromatic heterocycles. The molecule has 2 aromatic carbocycles. The van der Waals surface area contributed by atoms with Crippen molar-refractivity contribution < 1.29 is 13.9 Å². The predicted octanol–water partition coefficient (Wildman–Crippen LogP) is 3.95. The number of carbonyl (C=O) groups excluding carboxylic acids is 1. The summed E-state index contributed by atoms with van der Waals surface area (Å²) in [5.41, 5.74) is 2.52. The van der Waals surface area contributed by atoms with Gasteiger partial charge in [0.2, 0.25) is 5.95 Å². The highest BCUT2D eigenvalue weighted by molar-refractivity contribution is 5.94. The zero-order valence-corrected chi connectivity index (χ0v) is 15.1. The lowest BCUT2D eigenvalue weighted by Gasteiger charge is -2.38. The van der Waals surface area contributed by atoms with Crippen LogP contribution in [0.5, 0.6) is 0 Å². The number of rotatable bonds is 2. The summed E-state index contributed by atoms with van der Waals surface area (Å²) in [5.74, 6) is -0.193. The largest absolute Gasteiger partial charge is 0.450 e. The van der Waals surface area contributed by atoms with Gasteiger partial charge in [-0.15, -0.1) is 0 Å². The van der Waals surface area contributed by atoms with E-state index in [0.717, 1.165) is 16.7 Å². The maximum absolute atomic E-state index is 13.5. The minimum Gasteiger partial charge on any atom is -0.450 e. The number of aromatic nitrogens is 2. The lowest BCUT2D eigenvalue weighted by molar-refractivity contribution is -0.0211. The number of hydrogen-bond acceptors (Lipinski definition) is 5. The number of ether oxygens (including phenoxy) is 1. The van der Waals surface area contributed by atoms with E-state index < -0.39 is 17.4 Å². The van der Waals surface area contributed by atoms with Gasteiger partial charge < -0.3 is 9.64 Å². The molecule has 1 saturated heterocycles. The second-order valence-electron chi connectivity index (χ2n) is 7.20. The Hall–Kier alpha value is -3.28. The molecular weight excluding hydrogens is 357 g/mol. The van der Waals surface area contributed by atoms with E-state index in [2.05, 4.69) is 14.9 Å². The molecule has 0 amide bonds. The summed E-state index contributed by atoms with van der Waals surface area (Å²) in [7, 11) is 0. The van der Waals surface area contributed by atoms with Crippen LogP contribution in [0.3, 0.4) is 0 Å². The average molecular weight is 375 g/mol. The van der Waals surface area contributed by atoms with Crippen LogP contribution in [0.25, 0.3) is 11.1 Å². The third-order valence-electron chi connectivity index (χ3n) is 5.58. The number of anilines is 1. The number of esters is 1. The van der Waals surface area contributed by atoms with Gasteiger partial charge >= 0.3 is 5.97 Å². The molecule has 5 rings (SSSR count). The van der Waals surface area contributed by atoms with E-state index in [9.17, 15) is 9.18 Å². The molecule has 1 fully saturated rings. The van der Waals surface area contributed by atoms with Crippen LogP contribution in [0.15, 0.2) is 60.9 Å². The van der Waals surface area contributed by atoms with Crippen molar-refractivity contribution in [1.82, 2.24) is 9.97 Å². The van der Waals surface area contributed by atoms with Crippen molar-refractivity contribution in [3.05, 3.63) is 77.9 Å². The van der Waals surface area contributed by atoms with Gasteiger partial charge in [-0.25, -0.2) is 19.2 Å². The molecule has 140 valence electrons. The smallest absolute Gasteiger partial charge is 0.339 e. The Balaban J connectivity index is 1.34. The second kappa shape index (κ2) is 6.41. The minimum atomic E-state index is -0.666. The second-order valence-corrected chi connectivity index (χ2v) is 7.20. The van der Waals surface area contributed by atoms with Crippen LogP contribution in [-0.2, 0) is 10.3 Å². The number of benzene rings is 2. The first kappa shape index (κ1) is 16.9. The highest BCUT2D eigenvalue weighted by atomic mass is 19.1. The minimum absolute atomic E-state index is 0.344. The topological polar surface area (TPSA) is 55.3 Å². The standard InChI is InChI=1S/C22H18FN3O2/c23-17-6-7-19-18(12-17)20(27)28-22(19)8-10-26(11-9-22)21-24-13-16(14-25-21)15-4-2-1-3-5-15/h1-7,12-14H,8-11H2. The Morgan fingerprint density at radius 3 is 2.39 bits per heavy atom. The van der Waals surface area contributed by atoms with E-state index in [0.29, 0.717) is 37.4 Å². The monoisotopic (exact) mass is 375 g/mol. The number of halogens is 1. The molecule has 28 heavy (non-hydrogen) atoms. The van der Waals surface area contributed by atoms with Crippen LogP contribution in [0.1, 0.15) is 28.8 Å². The van der Waals surface area contributed by atoms with Gasteiger partial charge in [0.05, 0.1) is 5.56 Å². The van der Waals surface area contributed by atoms with Crippen LogP contribution in [0, 0.1) is 5.82 Å². The molecule has 1 spiro atoms. The molecular formula is C22H18FN3O2. The van der Waals surface area contributed by atoms with Crippen molar-refractivity contribution in [3.8, 4) is 11.1 Å². The van der Waals surface area contributed by atoms with Crippen molar-refractivity contribution in [3.63, 3.8) is 0 Å². The van der Waals surface area contributed by atoms with Crippen LogP contribution in [-0.4, -0.2) is 29.0 Å². The summed E-state index contributed by atoms with van der Waals surface area (Å²) in [6.07, 6.45) is 4.91. The molecule has 0 atom stereocenters. The molecule has 5 nitrogen and oxygen atoms in total. The molecule has 0 aliphatic carbocycles. The third kappa shape index (κ3) is 2.72. The summed E-state index contributed by atoms with van der Waals surface area (Å²) < 4.78 is 19.2. The normalized spacial score (nSPS) is 17.5. The zero-order chi connectivity index (χ0) is 19.1. The van der Waals surface area contributed by atoms with Crippen LogP contribution in [0.4, 0.5) is 10.3 Å². The van der Waals surface area contributed by atoms with Gasteiger partial charge in [-0.05, 0) is 17.7 Å². The lowest BCUT2D eigenvalue weighted by Crippen LogP contribution is -2.43. The Morgan fingerprint density at radius 1 is 0.964 bits per heavy atom. The molecule has 3 heterocycles. The van der Waals surface area contributed by atoms with Gasteiger partial charge in [0, 0.05) is 49.5 Å². The summed E-state index contributed by atoms with van der Waals surface area (Å²) >= 11 is 0. The van der Waals surface area contributed by atoms with Gasteiger partial charge in [0.15, 0.2) is 0 Å². The summed E-state index contributed by atoms with van der Waals surface area (Å²) in [5, 5.41) is 0. The van der Waals surface area contributed by atoms with Crippen molar-refractivity contribution in [2.75, 3.05) is 18.0 Å². The van der Waals surface area contributed by atoms with Gasteiger partial charge in [-0.3, -0.25) is 0 Å². The molecule has 3 aromatic rings. The van der Waals surface area contributed by atoms with E-state index in [1.54, 1.807) is 6.07 Å². The van der Waals surface area contributed by atoms with Crippen molar-refractivity contribution >= 4 is 11.9 Å². The summed E-state index contributed by atoms with van der Waals surface area (Å²) in [4.78, 5) is 23.3. The van der Waals surface area contributed by atoms with E-state index in [4.69, 9.17) is 4.74 Å². The molecule has 2 aliphatic rings. The Morgan fingerprint density at radius 2 is 1.68 bits per heavy atom. The molecule has 0 unspecified atom stereocenters. The van der Waals surface area contributed by atoms with Crippen LogP contribution >= 0.6 is 0 Å². The highest BCUT2D eigenvalue weighted by Gasteiger charge is 2.47.